The van der Waals surface area contributed by atoms with Crippen LogP contribution in [0.2, 0.25) is 5.02 Å². The van der Waals surface area contributed by atoms with Crippen LogP contribution in [0.3, 0.4) is 0 Å². The molecular formula is C17H18ClNO2. The Morgan fingerprint density at radius 1 is 1.05 bits per heavy atom. The van der Waals surface area contributed by atoms with Gasteiger partial charge in [0.25, 0.3) is 0 Å². The lowest BCUT2D eigenvalue weighted by atomic mass is 10.2. The van der Waals surface area contributed by atoms with Crippen LogP contribution in [-0.4, -0.2) is 13.2 Å². The Morgan fingerprint density at radius 3 is 2.71 bits per heavy atom. The minimum atomic E-state index is 0.694. The number of hydrogen-bond acceptors (Lipinski definition) is 3. The molecule has 21 heavy (non-hydrogen) atoms. The number of anilines is 1. The fourth-order valence-corrected chi connectivity index (χ4v) is 2.47. The van der Waals surface area contributed by atoms with Crippen LogP contribution in [0.25, 0.3) is 0 Å². The van der Waals surface area contributed by atoms with Gasteiger partial charge in [-0.3, -0.25) is 0 Å². The van der Waals surface area contributed by atoms with E-state index in [0.717, 1.165) is 34.2 Å². The number of benzene rings is 2. The van der Waals surface area contributed by atoms with Gasteiger partial charge in [-0.25, -0.2) is 0 Å². The third-order valence-electron chi connectivity index (χ3n) is 3.42. The molecule has 0 saturated heterocycles. The van der Waals surface area contributed by atoms with Gasteiger partial charge in [0.1, 0.15) is 0 Å². The molecule has 0 fully saturated rings. The zero-order valence-electron chi connectivity index (χ0n) is 12.0. The summed E-state index contributed by atoms with van der Waals surface area (Å²) in [5.74, 6) is 1.65. The maximum Gasteiger partial charge on any atom is 0.161 e. The number of fused-ring (bicyclic) bond motifs is 1. The SMILES string of the molecule is Cc1ccc(Cl)c(NCc2ccc3c(c2)OCCCO3)c1. The van der Waals surface area contributed by atoms with Crippen molar-refractivity contribution in [3.8, 4) is 11.5 Å². The van der Waals surface area contributed by atoms with E-state index >= 15 is 0 Å². The van der Waals surface area contributed by atoms with Gasteiger partial charge >= 0.3 is 0 Å². The van der Waals surface area contributed by atoms with E-state index < -0.39 is 0 Å². The Kier molecular flexibility index (Phi) is 4.20. The first-order valence-corrected chi connectivity index (χ1v) is 7.49. The Morgan fingerprint density at radius 2 is 1.86 bits per heavy atom. The third-order valence-corrected chi connectivity index (χ3v) is 3.75. The summed E-state index contributed by atoms with van der Waals surface area (Å²) in [6.45, 7) is 4.16. The lowest BCUT2D eigenvalue weighted by molar-refractivity contribution is 0.297. The smallest absolute Gasteiger partial charge is 0.161 e. The van der Waals surface area contributed by atoms with E-state index in [0.29, 0.717) is 19.8 Å². The van der Waals surface area contributed by atoms with Gasteiger partial charge < -0.3 is 14.8 Å². The van der Waals surface area contributed by atoms with Crippen molar-refractivity contribution in [1.82, 2.24) is 0 Å². The zero-order valence-corrected chi connectivity index (χ0v) is 12.7. The molecule has 0 amide bonds. The molecule has 0 saturated carbocycles. The van der Waals surface area contributed by atoms with E-state index in [2.05, 4.69) is 12.2 Å². The van der Waals surface area contributed by atoms with Crippen molar-refractivity contribution < 1.29 is 9.47 Å². The summed E-state index contributed by atoms with van der Waals surface area (Å²) in [6.07, 6.45) is 0.918. The average molecular weight is 304 g/mol. The van der Waals surface area contributed by atoms with Crippen molar-refractivity contribution in [1.29, 1.82) is 0 Å². The van der Waals surface area contributed by atoms with Crippen LogP contribution >= 0.6 is 11.6 Å². The van der Waals surface area contributed by atoms with Crippen molar-refractivity contribution in [2.75, 3.05) is 18.5 Å². The molecular weight excluding hydrogens is 286 g/mol. The van der Waals surface area contributed by atoms with Crippen LogP contribution < -0.4 is 14.8 Å². The molecule has 0 radical (unpaired) electrons. The fourth-order valence-electron chi connectivity index (χ4n) is 2.29. The van der Waals surface area contributed by atoms with E-state index in [4.69, 9.17) is 21.1 Å². The summed E-state index contributed by atoms with van der Waals surface area (Å²) in [5.41, 5.74) is 3.26. The van der Waals surface area contributed by atoms with Crippen LogP contribution in [0, 0.1) is 6.92 Å². The van der Waals surface area contributed by atoms with Crippen LogP contribution in [-0.2, 0) is 6.54 Å². The molecule has 1 aliphatic heterocycles. The highest BCUT2D eigenvalue weighted by Gasteiger charge is 2.10. The second kappa shape index (κ2) is 6.27. The average Bonchev–Trinajstić information content (AvgIpc) is 2.73. The normalized spacial score (nSPS) is 13.6. The number of nitrogens with one attached hydrogen (secondary N) is 1. The van der Waals surface area contributed by atoms with E-state index in [1.165, 1.54) is 5.56 Å². The second-order valence-corrected chi connectivity index (χ2v) is 5.58. The molecule has 1 heterocycles. The molecule has 0 spiro atoms. The molecule has 2 aromatic rings. The van der Waals surface area contributed by atoms with Gasteiger partial charge in [0, 0.05) is 13.0 Å². The molecule has 0 atom stereocenters. The van der Waals surface area contributed by atoms with Gasteiger partial charge in [0.2, 0.25) is 0 Å². The van der Waals surface area contributed by atoms with Gasteiger partial charge in [-0.05, 0) is 42.3 Å². The lowest BCUT2D eigenvalue weighted by Gasteiger charge is -2.12. The standard InChI is InChI=1S/C17H18ClNO2/c1-12-3-5-14(18)15(9-12)19-11-13-4-6-16-17(10-13)21-8-2-7-20-16/h3-6,9-10,19H,2,7-8,11H2,1H3. The highest BCUT2D eigenvalue weighted by molar-refractivity contribution is 6.33. The van der Waals surface area contributed by atoms with Crippen molar-refractivity contribution in [2.45, 2.75) is 19.9 Å². The zero-order chi connectivity index (χ0) is 14.7. The highest BCUT2D eigenvalue weighted by atomic mass is 35.5. The monoisotopic (exact) mass is 303 g/mol. The van der Waals surface area contributed by atoms with Crippen molar-refractivity contribution >= 4 is 17.3 Å². The van der Waals surface area contributed by atoms with E-state index in [1.54, 1.807) is 0 Å². The lowest BCUT2D eigenvalue weighted by Crippen LogP contribution is -2.01. The molecule has 110 valence electrons. The first-order valence-electron chi connectivity index (χ1n) is 7.11. The molecule has 0 aliphatic carbocycles. The van der Waals surface area contributed by atoms with Gasteiger partial charge in [-0.2, -0.15) is 0 Å². The molecule has 1 N–H and O–H groups in total. The van der Waals surface area contributed by atoms with Gasteiger partial charge in [0.05, 0.1) is 23.9 Å². The van der Waals surface area contributed by atoms with Gasteiger partial charge in [0.15, 0.2) is 11.5 Å². The maximum absolute atomic E-state index is 6.19. The van der Waals surface area contributed by atoms with Crippen molar-refractivity contribution in [2.24, 2.45) is 0 Å². The summed E-state index contributed by atoms with van der Waals surface area (Å²) in [5, 5.41) is 4.10. The minimum absolute atomic E-state index is 0.694. The Hall–Kier alpha value is -1.87. The summed E-state index contributed by atoms with van der Waals surface area (Å²) < 4.78 is 11.3. The van der Waals surface area contributed by atoms with Crippen molar-refractivity contribution in [3.63, 3.8) is 0 Å². The number of aryl methyl sites for hydroxylation is 1. The predicted molar refractivity (Wildman–Crippen MR) is 85.6 cm³/mol. The Balaban J connectivity index is 1.73. The summed E-state index contributed by atoms with van der Waals surface area (Å²) in [4.78, 5) is 0. The molecule has 0 aromatic heterocycles. The molecule has 3 nitrogen and oxygen atoms in total. The summed E-state index contributed by atoms with van der Waals surface area (Å²) >= 11 is 6.19. The summed E-state index contributed by atoms with van der Waals surface area (Å²) in [7, 11) is 0. The van der Waals surface area contributed by atoms with Crippen LogP contribution in [0.4, 0.5) is 5.69 Å². The Bertz CT molecular complexity index is 643. The third kappa shape index (κ3) is 3.42. The summed E-state index contributed by atoms with van der Waals surface area (Å²) in [6, 6.07) is 12.0. The fraction of sp³-hybridized carbons (Fsp3) is 0.294. The number of ether oxygens (including phenoxy) is 2. The van der Waals surface area contributed by atoms with Gasteiger partial charge in [-0.15, -0.1) is 0 Å². The van der Waals surface area contributed by atoms with Crippen LogP contribution in [0.5, 0.6) is 11.5 Å². The first-order chi connectivity index (χ1) is 10.2. The van der Waals surface area contributed by atoms with E-state index in [1.807, 2.05) is 36.4 Å². The molecule has 2 aromatic carbocycles. The number of rotatable bonds is 3. The molecule has 0 unspecified atom stereocenters. The minimum Gasteiger partial charge on any atom is -0.490 e. The largest absolute Gasteiger partial charge is 0.490 e. The van der Waals surface area contributed by atoms with Gasteiger partial charge in [-0.1, -0.05) is 23.7 Å². The maximum atomic E-state index is 6.19. The predicted octanol–water partition coefficient (Wildman–Crippen LogP) is 4.42. The topological polar surface area (TPSA) is 30.5 Å². The van der Waals surface area contributed by atoms with Crippen molar-refractivity contribution in [3.05, 3.63) is 52.5 Å². The van der Waals surface area contributed by atoms with Crippen LogP contribution in [0.1, 0.15) is 17.5 Å². The first kappa shape index (κ1) is 14.1. The molecule has 0 bridgehead atoms. The molecule has 3 rings (SSSR count). The highest BCUT2D eigenvalue weighted by Crippen LogP contribution is 2.31. The van der Waals surface area contributed by atoms with Crippen LogP contribution in [0.15, 0.2) is 36.4 Å². The second-order valence-electron chi connectivity index (χ2n) is 5.17. The van der Waals surface area contributed by atoms with E-state index in [9.17, 15) is 0 Å². The quantitative estimate of drug-likeness (QED) is 0.910. The number of hydrogen-bond donors (Lipinski definition) is 1. The molecule has 1 aliphatic rings. The molecule has 4 heteroatoms. The van der Waals surface area contributed by atoms with E-state index in [-0.39, 0.29) is 0 Å². The Labute approximate surface area is 129 Å². The number of halogens is 1.